The zero-order valence-corrected chi connectivity index (χ0v) is 6.24. The summed E-state index contributed by atoms with van der Waals surface area (Å²) < 4.78 is 0. The van der Waals surface area contributed by atoms with Crippen molar-refractivity contribution in [2.24, 2.45) is 0 Å². The van der Waals surface area contributed by atoms with Crippen molar-refractivity contribution < 1.29 is 32.7 Å². The van der Waals surface area contributed by atoms with Crippen molar-refractivity contribution in [1.29, 1.82) is 0 Å². The monoisotopic (exact) mass is 145 g/mol. The third-order valence-electron chi connectivity index (χ3n) is 1.000. The van der Waals surface area contributed by atoms with E-state index in [1.54, 1.807) is 0 Å². The molecule has 0 N–H and O–H groups in total. The fourth-order valence-electron chi connectivity index (χ4n) is 0.250. The fraction of sp³-hybridized carbons (Fsp3) is 1.00. The summed E-state index contributed by atoms with van der Waals surface area (Å²) in [5.41, 5.74) is 0. The van der Waals surface area contributed by atoms with Gasteiger partial charge in [-0.1, -0.05) is 25.7 Å². The van der Waals surface area contributed by atoms with Crippen molar-refractivity contribution in [3.8, 4) is 0 Å². The summed E-state index contributed by atoms with van der Waals surface area (Å²) in [6, 6.07) is 0. The maximum atomic E-state index is 1.50. The van der Waals surface area contributed by atoms with Gasteiger partial charge in [0.25, 0.3) is 0 Å². The summed E-state index contributed by atoms with van der Waals surface area (Å²) in [6.45, 7) is 0. The van der Waals surface area contributed by atoms with Crippen molar-refractivity contribution >= 4 is 0 Å². The molecule has 1 rings (SSSR count). The Balaban J connectivity index is 0.000000160. The largest absolute Gasteiger partial charge is 0.0533 e. The van der Waals surface area contributed by atoms with Gasteiger partial charge in [0.1, 0.15) is 0 Å². The Morgan fingerprint density at radius 1 is 0.600 bits per heavy atom. The summed E-state index contributed by atoms with van der Waals surface area (Å²) in [7, 11) is 0. The Morgan fingerprint density at radius 3 is 0.800 bits per heavy atom. The molecule has 5 heavy (non-hydrogen) atoms. The van der Waals surface area contributed by atoms with E-state index in [1.165, 1.54) is 25.7 Å². The molecular formula is C4H8Y. The normalized spacial score (nSPS) is 19.2. The first kappa shape index (κ1) is 6.10. The first-order valence-corrected chi connectivity index (χ1v) is 2.00. The molecule has 0 heterocycles. The molecule has 27 valence electrons. The molecule has 0 aliphatic heterocycles. The van der Waals surface area contributed by atoms with Gasteiger partial charge < -0.3 is 0 Å². The van der Waals surface area contributed by atoms with Gasteiger partial charge in [-0.15, -0.1) is 0 Å². The summed E-state index contributed by atoms with van der Waals surface area (Å²) in [5, 5.41) is 0. The second-order valence-corrected chi connectivity index (χ2v) is 1.41. The predicted molar refractivity (Wildman–Crippen MR) is 18.5 cm³/mol. The first-order chi connectivity index (χ1) is 2.00. The van der Waals surface area contributed by atoms with E-state index in [4.69, 9.17) is 0 Å². The van der Waals surface area contributed by atoms with Gasteiger partial charge in [0.15, 0.2) is 0 Å². The third-order valence-corrected chi connectivity index (χ3v) is 1.000. The zero-order chi connectivity index (χ0) is 2.83. The second-order valence-electron chi connectivity index (χ2n) is 1.41. The van der Waals surface area contributed by atoms with Gasteiger partial charge >= 0.3 is 0 Å². The van der Waals surface area contributed by atoms with E-state index in [2.05, 4.69) is 0 Å². The Labute approximate surface area is 58.2 Å². The molecule has 0 saturated heterocycles. The molecule has 1 aliphatic rings. The van der Waals surface area contributed by atoms with Crippen LogP contribution in [0.25, 0.3) is 0 Å². The van der Waals surface area contributed by atoms with Gasteiger partial charge in [-0.05, 0) is 0 Å². The van der Waals surface area contributed by atoms with E-state index < -0.39 is 0 Å². The van der Waals surface area contributed by atoms with Crippen LogP contribution >= 0.6 is 0 Å². The fourth-order valence-corrected chi connectivity index (χ4v) is 0.250. The quantitative estimate of drug-likeness (QED) is 0.485. The van der Waals surface area contributed by atoms with Crippen LogP contribution in [-0.4, -0.2) is 0 Å². The maximum Gasteiger partial charge on any atom is 0 e. The van der Waals surface area contributed by atoms with Crippen LogP contribution in [0.15, 0.2) is 0 Å². The minimum absolute atomic E-state index is 0. The summed E-state index contributed by atoms with van der Waals surface area (Å²) in [4.78, 5) is 0. The van der Waals surface area contributed by atoms with Crippen molar-refractivity contribution in [2.75, 3.05) is 0 Å². The molecule has 0 aromatic rings. The van der Waals surface area contributed by atoms with Crippen molar-refractivity contribution in [2.45, 2.75) is 25.7 Å². The average molecular weight is 145 g/mol. The first-order valence-electron chi connectivity index (χ1n) is 2.00. The van der Waals surface area contributed by atoms with Crippen molar-refractivity contribution in [3.63, 3.8) is 0 Å². The van der Waals surface area contributed by atoms with Crippen LogP contribution in [0.5, 0.6) is 0 Å². The topological polar surface area (TPSA) is 0 Å². The van der Waals surface area contributed by atoms with Crippen LogP contribution in [0.1, 0.15) is 25.7 Å². The summed E-state index contributed by atoms with van der Waals surface area (Å²) >= 11 is 0. The molecule has 1 radical (unpaired) electrons. The van der Waals surface area contributed by atoms with Gasteiger partial charge in [-0.3, -0.25) is 0 Å². The molecule has 0 spiro atoms. The Hall–Kier alpha value is 1.10. The van der Waals surface area contributed by atoms with Crippen molar-refractivity contribution in [1.82, 2.24) is 0 Å². The molecule has 0 aromatic carbocycles. The Morgan fingerprint density at radius 2 is 0.800 bits per heavy atom. The Kier molecular flexibility index (Phi) is 4.03. The minimum Gasteiger partial charge on any atom is -0.0533 e. The van der Waals surface area contributed by atoms with E-state index in [0.29, 0.717) is 0 Å². The van der Waals surface area contributed by atoms with Crippen LogP contribution in [0.2, 0.25) is 0 Å². The smallest absolute Gasteiger partial charge is 0 e. The van der Waals surface area contributed by atoms with Crippen molar-refractivity contribution in [3.05, 3.63) is 0 Å². The molecule has 0 aromatic heterocycles. The zero-order valence-electron chi connectivity index (χ0n) is 3.41. The summed E-state index contributed by atoms with van der Waals surface area (Å²) in [5.74, 6) is 0. The predicted octanol–water partition coefficient (Wildman–Crippen LogP) is 1.56. The van der Waals surface area contributed by atoms with Crippen LogP contribution in [-0.2, 0) is 32.7 Å². The standard InChI is InChI=1S/C4H8.Y/c1-2-4-3-1;/h1-4H2;. The molecule has 1 fully saturated rings. The number of rotatable bonds is 0. The maximum absolute atomic E-state index is 1.50. The van der Waals surface area contributed by atoms with Gasteiger partial charge in [-0.2, -0.15) is 0 Å². The molecule has 0 bridgehead atoms. The van der Waals surface area contributed by atoms with E-state index in [0.717, 1.165) is 0 Å². The molecular weight excluding hydrogens is 137 g/mol. The van der Waals surface area contributed by atoms with E-state index in [-0.39, 0.29) is 32.7 Å². The molecule has 0 amide bonds. The minimum atomic E-state index is 0. The van der Waals surface area contributed by atoms with Gasteiger partial charge in [-0.25, -0.2) is 0 Å². The van der Waals surface area contributed by atoms with Gasteiger partial charge in [0.05, 0.1) is 0 Å². The molecule has 1 heteroatoms. The molecule has 1 aliphatic carbocycles. The van der Waals surface area contributed by atoms with E-state index >= 15 is 0 Å². The van der Waals surface area contributed by atoms with Gasteiger partial charge in [0.2, 0.25) is 0 Å². The summed E-state index contributed by atoms with van der Waals surface area (Å²) in [6.07, 6.45) is 6.00. The Bertz CT molecular complexity index is 11.6. The third kappa shape index (κ3) is 1.89. The molecule has 0 unspecified atom stereocenters. The molecule has 1 saturated carbocycles. The van der Waals surface area contributed by atoms with E-state index in [9.17, 15) is 0 Å². The van der Waals surface area contributed by atoms with Crippen LogP contribution in [0, 0.1) is 0 Å². The number of hydrogen-bond donors (Lipinski definition) is 0. The second kappa shape index (κ2) is 3.30. The molecule has 0 atom stereocenters. The van der Waals surface area contributed by atoms with Crippen LogP contribution in [0.4, 0.5) is 0 Å². The van der Waals surface area contributed by atoms with Crippen LogP contribution in [0.3, 0.4) is 0 Å². The van der Waals surface area contributed by atoms with Crippen LogP contribution < -0.4 is 0 Å². The average Bonchev–Trinajstić information content (AvgIpc) is 0.722. The SMILES string of the molecule is C1CCC1.[Y]. The molecule has 0 nitrogen and oxygen atoms in total. The number of hydrogen-bond acceptors (Lipinski definition) is 0. The van der Waals surface area contributed by atoms with E-state index in [1.807, 2.05) is 0 Å². The van der Waals surface area contributed by atoms with Gasteiger partial charge in [0, 0.05) is 32.7 Å².